The lowest BCUT2D eigenvalue weighted by Gasteiger charge is -2.02. The Morgan fingerprint density at radius 1 is 1.46 bits per heavy atom. The molecule has 68 valence electrons. The summed E-state index contributed by atoms with van der Waals surface area (Å²) >= 11 is 15.9. The lowest BCUT2D eigenvalue weighted by molar-refractivity contribution is 1.45. The van der Waals surface area contributed by atoms with Crippen molar-refractivity contribution in [3.8, 4) is 0 Å². The van der Waals surface area contributed by atoms with Crippen molar-refractivity contribution >= 4 is 67.2 Å². The summed E-state index contributed by atoms with van der Waals surface area (Å²) in [7, 11) is 0. The molecule has 4 heteroatoms. The molecule has 1 heterocycles. The van der Waals surface area contributed by atoms with Gasteiger partial charge in [-0.25, -0.2) is 0 Å². The van der Waals surface area contributed by atoms with Gasteiger partial charge in [-0.05, 0) is 51.1 Å². The molecule has 0 N–H and O–H groups in total. The molecule has 0 saturated carbocycles. The molecule has 1 aromatic carbocycles. The molecule has 0 bridgehead atoms. The van der Waals surface area contributed by atoms with Gasteiger partial charge in [0.1, 0.15) is 0 Å². The molecule has 0 nitrogen and oxygen atoms in total. The first-order valence-electron chi connectivity index (χ1n) is 3.64. The van der Waals surface area contributed by atoms with Crippen LogP contribution >= 0.6 is 57.1 Å². The molecule has 0 fully saturated rings. The van der Waals surface area contributed by atoms with E-state index in [9.17, 15) is 0 Å². The summed E-state index contributed by atoms with van der Waals surface area (Å²) in [4.78, 5) is 0. The van der Waals surface area contributed by atoms with Crippen LogP contribution < -0.4 is 0 Å². The number of benzene rings is 1. The van der Waals surface area contributed by atoms with E-state index in [1.807, 2.05) is 6.07 Å². The molecule has 0 spiro atoms. The number of fused-ring (bicyclic) bond motifs is 1. The summed E-state index contributed by atoms with van der Waals surface area (Å²) in [6, 6.07) is 4.04. The topological polar surface area (TPSA) is 0 Å². The molecular weight excluding hydrogens is 338 g/mol. The smallest absolute Gasteiger partial charge is 0.0557 e. The van der Waals surface area contributed by atoms with E-state index < -0.39 is 0 Å². The Kier molecular flexibility index (Phi) is 3.03. The van der Waals surface area contributed by atoms with Crippen LogP contribution in [0.4, 0.5) is 0 Å². The Labute approximate surface area is 104 Å². The highest BCUT2D eigenvalue weighted by Crippen LogP contribution is 2.34. The summed E-state index contributed by atoms with van der Waals surface area (Å²) in [6.45, 7) is 0. The third kappa shape index (κ3) is 1.69. The van der Waals surface area contributed by atoms with Gasteiger partial charge in [0.2, 0.25) is 0 Å². The van der Waals surface area contributed by atoms with Gasteiger partial charge < -0.3 is 0 Å². The van der Waals surface area contributed by atoms with Gasteiger partial charge in [-0.3, -0.25) is 0 Å². The van der Waals surface area contributed by atoms with Crippen molar-refractivity contribution < 1.29 is 0 Å². The van der Waals surface area contributed by atoms with Crippen molar-refractivity contribution in [1.82, 2.24) is 0 Å². The average molecular weight is 343 g/mol. The van der Waals surface area contributed by atoms with Crippen LogP contribution in [0.15, 0.2) is 17.5 Å². The maximum absolute atomic E-state index is 6.07. The van der Waals surface area contributed by atoms with Crippen LogP contribution in [-0.2, 0) is 5.88 Å². The lowest BCUT2D eigenvalue weighted by atomic mass is 10.1. The fourth-order valence-corrected chi connectivity index (χ4v) is 3.46. The van der Waals surface area contributed by atoms with Crippen LogP contribution in [0.2, 0.25) is 5.02 Å². The highest BCUT2D eigenvalue weighted by Gasteiger charge is 2.08. The Balaban J connectivity index is 2.87. The molecule has 0 radical (unpaired) electrons. The molecule has 13 heavy (non-hydrogen) atoms. The van der Waals surface area contributed by atoms with E-state index in [-0.39, 0.29) is 0 Å². The van der Waals surface area contributed by atoms with Gasteiger partial charge in [-0.1, -0.05) is 11.6 Å². The van der Waals surface area contributed by atoms with Crippen molar-refractivity contribution in [3.05, 3.63) is 31.7 Å². The van der Waals surface area contributed by atoms with E-state index in [1.165, 1.54) is 10.1 Å². The SMILES string of the molecule is ClCc1cc(Cl)c(I)c2sccc12. The van der Waals surface area contributed by atoms with Crippen LogP contribution in [0.25, 0.3) is 10.1 Å². The largest absolute Gasteiger partial charge is 0.143 e. The minimum Gasteiger partial charge on any atom is -0.143 e. The zero-order valence-corrected chi connectivity index (χ0v) is 11.0. The van der Waals surface area contributed by atoms with Crippen LogP contribution in [0.3, 0.4) is 0 Å². The fraction of sp³-hybridized carbons (Fsp3) is 0.111. The number of thiophene rings is 1. The highest BCUT2D eigenvalue weighted by atomic mass is 127. The zero-order chi connectivity index (χ0) is 9.42. The van der Waals surface area contributed by atoms with Crippen LogP contribution in [0.5, 0.6) is 0 Å². The molecule has 0 unspecified atom stereocenters. The van der Waals surface area contributed by atoms with E-state index in [1.54, 1.807) is 11.3 Å². The predicted molar refractivity (Wildman–Crippen MR) is 69.1 cm³/mol. The van der Waals surface area contributed by atoms with Gasteiger partial charge in [-0.2, -0.15) is 0 Å². The Morgan fingerprint density at radius 3 is 2.92 bits per heavy atom. The maximum atomic E-state index is 6.07. The summed E-state index contributed by atoms with van der Waals surface area (Å²) in [5.74, 6) is 0.518. The third-order valence-corrected chi connectivity index (χ3v) is 5.19. The van der Waals surface area contributed by atoms with Crippen LogP contribution in [0.1, 0.15) is 5.56 Å². The van der Waals surface area contributed by atoms with Crippen molar-refractivity contribution in [3.63, 3.8) is 0 Å². The first-order chi connectivity index (χ1) is 6.24. The summed E-state index contributed by atoms with van der Waals surface area (Å²) < 4.78 is 2.36. The van der Waals surface area contributed by atoms with Crippen molar-refractivity contribution in [2.24, 2.45) is 0 Å². The van der Waals surface area contributed by atoms with E-state index in [2.05, 4.69) is 34.0 Å². The standard InChI is InChI=1S/C9H5Cl2IS/c10-4-5-3-7(11)8(12)9-6(5)1-2-13-9/h1-3H,4H2. The molecule has 2 rings (SSSR count). The molecule has 0 aliphatic rings. The zero-order valence-electron chi connectivity index (χ0n) is 6.48. The number of alkyl halides is 1. The summed E-state index contributed by atoms with van der Waals surface area (Å²) in [5, 5.41) is 4.10. The number of halogens is 3. The highest BCUT2D eigenvalue weighted by molar-refractivity contribution is 14.1. The minimum absolute atomic E-state index is 0.518. The molecule has 0 saturated heterocycles. The molecule has 0 aliphatic carbocycles. The third-order valence-electron chi connectivity index (χ3n) is 1.87. The van der Waals surface area contributed by atoms with E-state index in [0.717, 1.165) is 14.2 Å². The lowest BCUT2D eigenvalue weighted by Crippen LogP contribution is -1.82. The number of hydrogen-bond acceptors (Lipinski definition) is 1. The van der Waals surface area contributed by atoms with E-state index in [4.69, 9.17) is 23.2 Å². The van der Waals surface area contributed by atoms with E-state index in [0.29, 0.717) is 5.88 Å². The monoisotopic (exact) mass is 342 g/mol. The van der Waals surface area contributed by atoms with Crippen molar-refractivity contribution in [1.29, 1.82) is 0 Å². The second kappa shape index (κ2) is 3.93. The molecular formula is C9H5Cl2IS. The first kappa shape index (κ1) is 10.0. The summed E-state index contributed by atoms with van der Waals surface area (Å²) in [5.41, 5.74) is 1.11. The van der Waals surface area contributed by atoms with Gasteiger partial charge in [0.05, 0.1) is 5.02 Å². The summed E-state index contributed by atoms with van der Waals surface area (Å²) in [6.07, 6.45) is 0. The Hall–Kier alpha value is 0.490. The number of rotatable bonds is 1. The number of hydrogen-bond donors (Lipinski definition) is 0. The predicted octanol–water partition coefficient (Wildman–Crippen LogP) is 4.90. The second-order valence-corrected chi connectivity index (χ2v) is 5.30. The van der Waals surface area contributed by atoms with Crippen molar-refractivity contribution in [2.45, 2.75) is 5.88 Å². The average Bonchev–Trinajstić information content (AvgIpc) is 2.60. The van der Waals surface area contributed by atoms with Gasteiger partial charge in [0.25, 0.3) is 0 Å². The molecule has 2 aromatic rings. The molecule has 0 aliphatic heterocycles. The normalized spacial score (nSPS) is 11.0. The quantitative estimate of drug-likeness (QED) is 0.511. The maximum Gasteiger partial charge on any atom is 0.0557 e. The van der Waals surface area contributed by atoms with Gasteiger partial charge >= 0.3 is 0 Å². The Morgan fingerprint density at radius 2 is 2.23 bits per heavy atom. The van der Waals surface area contributed by atoms with Crippen LogP contribution in [-0.4, -0.2) is 0 Å². The van der Waals surface area contributed by atoms with Gasteiger partial charge in [0, 0.05) is 14.2 Å². The minimum atomic E-state index is 0.518. The Bertz CT molecular complexity index is 450. The molecule has 0 atom stereocenters. The fourth-order valence-electron chi connectivity index (χ4n) is 1.25. The molecule has 0 amide bonds. The second-order valence-electron chi connectivity index (χ2n) is 2.63. The van der Waals surface area contributed by atoms with E-state index >= 15 is 0 Å². The molecule has 1 aromatic heterocycles. The van der Waals surface area contributed by atoms with Gasteiger partial charge in [0.15, 0.2) is 0 Å². The first-order valence-corrected chi connectivity index (χ1v) is 6.51. The van der Waals surface area contributed by atoms with Gasteiger partial charge in [-0.15, -0.1) is 22.9 Å². The van der Waals surface area contributed by atoms with Crippen LogP contribution in [0, 0.1) is 3.57 Å². The van der Waals surface area contributed by atoms with Crippen molar-refractivity contribution in [2.75, 3.05) is 0 Å².